The predicted octanol–water partition coefficient (Wildman–Crippen LogP) is 3.41. The van der Waals surface area contributed by atoms with Crippen LogP contribution in [0.2, 0.25) is 0 Å². The molecule has 0 saturated carbocycles. The number of rotatable bonds is 5. The Kier molecular flexibility index (Phi) is 4.41. The van der Waals surface area contributed by atoms with Gasteiger partial charge in [-0.25, -0.2) is 9.78 Å². The fraction of sp³-hybridized carbons (Fsp3) is 0.294. The van der Waals surface area contributed by atoms with E-state index in [1.807, 2.05) is 24.3 Å². The summed E-state index contributed by atoms with van der Waals surface area (Å²) in [6.07, 6.45) is 0.968. The molecule has 0 atom stereocenters. The van der Waals surface area contributed by atoms with Crippen molar-refractivity contribution < 1.29 is 14.1 Å². The molecule has 0 fully saturated rings. The van der Waals surface area contributed by atoms with E-state index in [9.17, 15) is 4.79 Å². The molecular formula is C17H18N4O3. The van der Waals surface area contributed by atoms with Crippen molar-refractivity contribution in [3.05, 3.63) is 41.3 Å². The summed E-state index contributed by atoms with van der Waals surface area (Å²) in [6, 6.07) is 7.99. The molecule has 0 radical (unpaired) electrons. The number of anilines is 2. The van der Waals surface area contributed by atoms with Crippen LogP contribution in [0.3, 0.4) is 0 Å². The first kappa shape index (κ1) is 15.9. The number of aryl methyl sites for hydroxylation is 2. The Labute approximate surface area is 139 Å². The van der Waals surface area contributed by atoms with Crippen LogP contribution in [-0.4, -0.2) is 27.7 Å². The number of hydrogen-bond acceptors (Lipinski definition) is 7. The maximum Gasteiger partial charge on any atom is 0.361 e. The van der Waals surface area contributed by atoms with Gasteiger partial charge in [0, 0.05) is 5.69 Å². The van der Waals surface area contributed by atoms with Gasteiger partial charge >= 0.3 is 5.97 Å². The number of carbonyl (C=O) groups is 1. The second-order valence-electron chi connectivity index (χ2n) is 5.23. The first-order chi connectivity index (χ1) is 11.6. The van der Waals surface area contributed by atoms with Crippen molar-refractivity contribution in [2.75, 3.05) is 11.9 Å². The molecule has 2 heterocycles. The van der Waals surface area contributed by atoms with Gasteiger partial charge < -0.3 is 14.6 Å². The first-order valence-corrected chi connectivity index (χ1v) is 7.79. The van der Waals surface area contributed by atoms with Crippen molar-refractivity contribution >= 4 is 28.6 Å². The van der Waals surface area contributed by atoms with Gasteiger partial charge in [-0.15, -0.1) is 0 Å². The van der Waals surface area contributed by atoms with Gasteiger partial charge in [0.1, 0.15) is 17.0 Å². The number of ether oxygens (including phenoxy) is 1. The summed E-state index contributed by atoms with van der Waals surface area (Å²) in [4.78, 5) is 20.6. The molecule has 0 aliphatic heterocycles. The van der Waals surface area contributed by atoms with E-state index in [0.29, 0.717) is 17.0 Å². The summed E-state index contributed by atoms with van der Waals surface area (Å²) in [5.41, 5.74) is 2.40. The maximum atomic E-state index is 12.1. The first-order valence-electron chi connectivity index (χ1n) is 7.79. The van der Waals surface area contributed by atoms with E-state index in [0.717, 1.165) is 12.1 Å². The molecule has 0 bridgehead atoms. The summed E-state index contributed by atoms with van der Waals surface area (Å²) < 4.78 is 10.2. The Balaban J connectivity index is 2.04. The van der Waals surface area contributed by atoms with E-state index >= 15 is 0 Å². The Bertz CT molecular complexity index is 871. The molecule has 3 rings (SSSR count). The third-order valence-electron chi connectivity index (χ3n) is 3.54. The molecule has 0 spiro atoms. The van der Waals surface area contributed by atoms with E-state index in [2.05, 4.69) is 27.4 Å². The number of aromatic nitrogens is 3. The zero-order valence-electron chi connectivity index (χ0n) is 13.8. The summed E-state index contributed by atoms with van der Waals surface area (Å²) in [5, 5.41) is 7.41. The van der Waals surface area contributed by atoms with E-state index in [-0.39, 0.29) is 18.0 Å². The molecule has 0 saturated heterocycles. The number of hydrogen-bond donors (Lipinski definition) is 1. The van der Waals surface area contributed by atoms with E-state index in [4.69, 9.17) is 9.26 Å². The summed E-state index contributed by atoms with van der Waals surface area (Å²) in [5.74, 6) is 0.417. The second kappa shape index (κ2) is 6.66. The molecule has 0 unspecified atom stereocenters. The minimum atomic E-state index is -0.562. The molecule has 0 aliphatic carbocycles. The molecule has 124 valence electrons. The van der Waals surface area contributed by atoms with Crippen molar-refractivity contribution in [1.29, 1.82) is 0 Å². The van der Waals surface area contributed by atoms with E-state index in [1.165, 1.54) is 5.56 Å². The van der Waals surface area contributed by atoms with E-state index in [1.54, 1.807) is 13.8 Å². The third-order valence-corrected chi connectivity index (χ3v) is 3.54. The molecule has 1 N–H and O–H groups in total. The van der Waals surface area contributed by atoms with Crippen LogP contribution in [0.1, 0.15) is 35.7 Å². The van der Waals surface area contributed by atoms with Crippen LogP contribution in [0, 0.1) is 6.92 Å². The fourth-order valence-electron chi connectivity index (χ4n) is 2.35. The zero-order valence-corrected chi connectivity index (χ0v) is 13.8. The lowest BCUT2D eigenvalue weighted by Crippen LogP contribution is -2.07. The lowest BCUT2D eigenvalue weighted by atomic mass is 10.1. The van der Waals surface area contributed by atoms with Gasteiger partial charge in [-0.05, 0) is 38.0 Å². The highest BCUT2D eigenvalue weighted by Gasteiger charge is 2.23. The molecule has 2 aromatic heterocycles. The van der Waals surface area contributed by atoms with Crippen molar-refractivity contribution in [2.24, 2.45) is 0 Å². The largest absolute Gasteiger partial charge is 0.461 e. The highest BCUT2D eigenvalue weighted by Crippen LogP contribution is 2.27. The summed E-state index contributed by atoms with van der Waals surface area (Å²) in [7, 11) is 0. The number of esters is 1. The van der Waals surface area contributed by atoms with Crippen LogP contribution >= 0.6 is 0 Å². The molecule has 0 amide bonds. The van der Waals surface area contributed by atoms with Crippen LogP contribution in [0.15, 0.2) is 28.8 Å². The van der Waals surface area contributed by atoms with Gasteiger partial charge in [0.25, 0.3) is 5.71 Å². The van der Waals surface area contributed by atoms with Crippen molar-refractivity contribution in [3.8, 4) is 0 Å². The molecule has 0 aliphatic rings. The molecule has 3 aromatic rings. The van der Waals surface area contributed by atoms with E-state index < -0.39 is 5.97 Å². The average molecular weight is 326 g/mol. The molecule has 24 heavy (non-hydrogen) atoms. The topological polar surface area (TPSA) is 90.1 Å². The van der Waals surface area contributed by atoms with Crippen LogP contribution in [-0.2, 0) is 11.2 Å². The highest BCUT2D eigenvalue weighted by atomic mass is 16.5. The third kappa shape index (κ3) is 3.05. The number of carbonyl (C=O) groups excluding carboxylic acids is 1. The number of nitrogens with one attached hydrogen (secondary N) is 1. The van der Waals surface area contributed by atoms with Gasteiger partial charge in [0.05, 0.1) is 6.61 Å². The van der Waals surface area contributed by atoms with Crippen molar-refractivity contribution in [1.82, 2.24) is 15.1 Å². The second-order valence-corrected chi connectivity index (χ2v) is 5.23. The van der Waals surface area contributed by atoms with Crippen LogP contribution in [0.4, 0.5) is 11.5 Å². The quantitative estimate of drug-likeness (QED) is 0.718. The van der Waals surface area contributed by atoms with Gasteiger partial charge in [-0.1, -0.05) is 24.2 Å². The maximum absolute atomic E-state index is 12.1. The van der Waals surface area contributed by atoms with Crippen molar-refractivity contribution in [2.45, 2.75) is 27.2 Å². The Morgan fingerprint density at radius 1 is 1.21 bits per heavy atom. The normalized spacial score (nSPS) is 10.8. The summed E-state index contributed by atoms with van der Waals surface area (Å²) in [6.45, 7) is 5.83. The number of benzene rings is 1. The van der Waals surface area contributed by atoms with Gasteiger partial charge in [0.2, 0.25) is 5.69 Å². The lowest BCUT2D eigenvalue weighted by Gasteiger charge is -2.08. The van der Waals surface area contributed by atoms with Gasteiger partial charge in [-0.3, -0.25) is 0 Å². The van der Waals surface area contributed by atoms with Crippen molar-refractivity contribution in [3.63, 3.8) is 0 Å². The smallest absolute Gasteiger partial charge is 0.361 e. The number of fused-ring (bicyclic) bond motifs is 1. The Morgan fingerprint density at radius 2 is 1.96 bits per heavy atom. The predicted molar refractivity (Wildman–Crippen MR) is 89.4 cm³/mol. The molecular weight excluding hydrogens is 308 g/mol. The SMILES string of the molecule is CCOC(=O)c1noc2nc(C)nc(Nc3ccc(CC)cc3)c12. The standard InChI is InChI=1S/C17H18N4O3/c1-4-11-6-8-12(9-7-11)20-15-13-14(17(22)23-5-2)21-24-16(13)19-10(3)18-15/h6-9H,4-5H2,1-3H3,(H,18,19,20). The van der Waals surface area contributed by atoms with Crippen LogP contribution < -0.4 is 5.32 Å². The highest BCUT2D eigenvalue weighted by molar-refractivity contribution is 6.05. The fourth-order valence-corrected chi connectivity index (χ4v) is 2.35. The van der Waals surface area contributed by atoms with Gasteiger partial charge in [0.15, 0.2) is 0 Å². The average Bonchev–Trinajstić information content (AvgIpc) is 2.99. The Morgan fingerprint density at radius 3 is 2.62 bits per heavy atom. The van der Waals surface area contributed by atoms with Crippen LogP contribution in [0.25, 0.3) is 11.1 Å². The zero-order chi connectivity index (χ0) is 17.1. The minimum absolute atomic E-state index is 0.0690. The molecule has 1 aromatic carbocycles. The van der Waals surface area contributed by atoms with Crippen LogP contribution in [0.5, 0.6) is 0 Å². The van der Waals surface area contributed by atoms with Gasteiger partial charge in [-0.2, -0.15) is 4.98 Å². The Hall–Kier alpha value is -2.96. The molecule has 7 nitrogen and oxygen atoms in total. The minimum Gasteiger partial charge on any atom is -0.461 e. The molecule has 7 heteroatoms. The monoisotopic (exact) mass is 326 g/mol. The number of nitrogens with zero attached hydrogens (tertiary/aromatic N) is 3. The summed E-state index contributed by atoms with van der Waals surface area (Å²) >= 11 is 0. The lowest BCUT2D eigenvalue weighted by molar-refractivity contribution is 0.0517.